The molecule has 39 heavy (non-hydrogen) atoms. The van der Waals surface area contributed by atoms with Crippen molar-refractivity contribution in [3.8, 4) is 0 Å². The van der Waals surface area contributed by atoms with Crippen LogP contribution in [0, 0.1) is 5.41 Å². The van der Waals surface area contributed by atoms with E-state index in [1.54, 1.807) is 33.8 Å². The summed E-state index contributed by atoms with van der Waals surface area (Å²) in [6, 6.07) is 7.29. The third-order valence-corrected chi connectivity index (χ3v) is 4.67. The van der Waals surface area contributed by atoms with Gasteiger partial charge in [0, 0.05) is 18.7 Å². The van der Waals surface area contributed by atoms with E-state index < -0.39 is 23.6 Å². The lowest BCUT2D eigenvalue weighted by atomic mass is 9.97. The van der Waals surface area contributed by atoms with Crippen LogP contribution in [0.4, 0.5) is 9.59 Å². The Labute approximate surface area is 229 Å². The lowest BCUT2D eigenvalue weighted by Crippen LogP contribution is -2.26. The second kappa shape index (κ2) is 18.6. The molecule has 0 aromatic heterocycles. The zero-order valence-corrected chi connectivity index (χ0v) is 23.2. The van der Waals surface area contributed by atoms with Crippen molar-refractivity contribution in [1.82, 2.24) is 10.6 Å². The molecule has 0 spiro atoms. The van der Waals surface area contributed by atoms with E-state index >= 15 is 0 Å². The smallest absolute Gasteiger partial charge is 0.407 e. The third kappa shape index (κ3) is 16.7. The molecule has 2 N–H and O–H groups in total. The van der Waals surface area contributed by atoms with Crippen molar-refractivity contribution in [3.05, 3.63) is 47.5 Å². The Balaban J connectivity index is 2.13. The van der Waals surface area contributed by atoms with Gasteiger partial charge in [0.25, 0.3) is 0 Å². The van der Waals surface area contributed by atoms with Crippen molar-refractivity contribution in [3.63, 3.8) is 0 Å². The van der Waals surface area contributed by atoms with Crippen molar-refractivity contribution in [2.24, 2.45) is 5.41 Å². The highest BCUT2D eigenvalue weighted by Gasteiger charge is 2.22. The molecule has 0 heterocycles. The molecule has 1 rings (SSSR count). The molecule has 1 aromatic carbocycles. The molecule has 0 saturated carbocycles. The van der Waals surface area contributed by atoms with Crippen molar-refractivity contribution >= 4 is 24.1 Å². The quantitative estimate of drug-likeness (QED) is 0.128. The summed E-state index contributed by atoms with van der Waals surface area (Å²) in [6.07, 6.45) is -1.20. The van der Waals surface area contributed by atoms with Crippen LogP contribution < -0.4 is 10.6 Å². The normalized spacial score (nSPS) is 10.8. The van der Waals surface area contributed by atoms with Crippen molar-refractivity contribution in [2.75, 3.05) is 52.9 Å². The Kier molecular flexibility index (Phi) is 15.9. The Morgan fingerprint density at radius 1 is 0.718 bits per heavy atom. The number of amides is 2. The highest BCUT2D eigenvalue weighted by molar-refractivity contribution is 5.86. The van der Waals surface area contributed by atoms with Crippen LogP contribution in [0.2, 0.25) is 0 Å². The number of rotatable bonds is 17. The predicted octanol–water partition coefficient (Wildman–Crippen LogP) is 2.88. The highest BCUT2D eigenvalue weighted by atomic mass is 16.6. The number of esters is 2. The van der Waals surface area contributed by atoms with Gasteiger partial charge in [-0.1, -0.05) is 30.8 Å². The van der Waals surface area contributed by atoms with Gasteiger partial charge < -0.3 is 39.1 Å². The van der Waals surface area contributed by atoms with Crippen molar-refractivity contribution in [1.29, 1.82) is 0 Å². The molecule has 2 amide bonds. The molecular formula is C27H40N2O10. The van der Waals surface area contributed by atoms with Crippen LogP contribution in [0.3, 0.4) is 0 Å². The molecule has 0 aliphatic carbocycles. The van der Waals surface area contributed by atoms with Gasteiger partial charge in [-0.15, -0.1) is 0 Å². The fraction of sp³-hybridized carbons (Fsp3) is 0.556. The summed E-state index contributed by atoms with van der Waals surface area (Å²) in [5.41, 5.74) is 1.38. The van der Waals surface area contributed by atoms with Gasteiger partial charge in [0.05, 0.1) is 31.8 Å². The number of nitrogens with one attached hydrogen (secondary N) is 2. The van der Waals surface area contributed by atoms with Crippen LogP contribution in [0.25, 0.3) is 0 Å². The van der Waals surface area contributed by atoms with E-state index in [1.807, 2.05) is 18.2 Å². The van der Waals surface area contributed by atoms with Gasteiger partial charge in [-0.2, -0.15) is 0 Å². The molecule has 12 nitrogen and oxygen atoms in total. The molecule has 12 heteroatoms. The average molecular weight is 553 g/mol. The number of carbonyl (C=O) groups is 4. The molecule has 0 aliphatic heterocycles. The summed E-state index contributed by atoms with van der Waals surface area (Å²) in [6.45, 7) is 11.9. The maximum absolute atomic E-state index is 11.9. The number of hydrogen-bond donors (Lipinski definition) is 2. The molecule has 1 aromatic rings. The number of alkyl carbamates (subject to hydrolysis) is 2. The summed E-state index contributed by atoms with van der Waals surface area (Å²) >= 11 is 0. The Hall–Kier alpha value is -3.64. The fourth-order valence-corrected chi connectivity index (χ4v) is 2.62. The minimum Gasteiger partial charge on any atom is -0.463 e. The topological polar surface area (TPSA) is 148 Å². The average Bonchev–Trinajstić information content (AvgIpc) is 2.89. The van der Waals surface area contributed by atoms with E-state index in [-0.39, 0.29) is 71.9 Å². The lowest BCUT2D eigenvalue weighted by Gasteiger charge is -2.16. The molecule has 0 aliphatic rings. The van der Waals surface area contributed by atoms with E-state index in [2.05, 4.69) is 17.2 Å². The van der Waals surface area contributed by atoms with Crippen LogP contribution >= 0.6 is 0 Å². The van der Waals surface area contributed by atoms with Gasteiger partial charge in [0.15, 0.2) is 0 Å². The van der Waals surface area contributed by atoms with Crippen LogP contribution in [0.15, 0.2) is 36.4 Å². The first kappa shape index (κ1) is 33.4. The second-order valence-corrected chi connectivity index (χ2v) is 9.33. The summed E-state index contributed by atoms with van der Waals surface area (Å²) in [5, 5.41) is 5.27. The monoisotopic (exact) mass is 552 g/mol. The first-order valence-electron chi connectivity index (χ1n) is 12.5. The molecule has 0 unspecified atom stereocenters. The van der Waals surface area contributed by atoms with Crippen LogP contribution in [0.1, 0.15) is 38.8 Å². The summed E-state index contributed by atoms with van der Waals surface area (Å²) in [7, 11) is 0. The van der Waals surface area contributed by atoms with Crippen LogP contribution in [0.5, 0.6) is 0 Å². The molecule has 0 atom stereocenters. The zero-order chi connectivity index (χ0) is 29.1. The largest absolute Gasteiger partial charge is 0.463 e. The van der Waals surface area contributed by atoms with E-state index in [1.165, 1.54) is 0 Å². The van der Waals surface area contributed by atoms with Gasteiger partial charge in [-0.05, 0) is 38.8 Å². The molecular weight excluding hydrogens is 512 g/mol. The first-order chi connectivity index (χ1) is 18.5. The van der Waals surface area contributed by atoms with Gasteiger partial charge in [0.2, 0.25) is 0 Å². The van der Waals surface area contributed by atoms with Crippen LogP contribution in [-0.2, 0) is 51.1 Å². The van der Waals surface area contributed by atoms with Crippen molar-refractivity contribution in [2.45, 2.75) is 40.8 Å². The Morgan fingerprint density at radius 3 is 1.59 bits per heavy atom. The SMILES string of the molecule is C=C(C)C(=O)OCCOCCOC(=O)NCc1cccc(CNC(=O)OCCOCCOC(=O)C(C)(C)C)c1. The highest BCUT2D eigenvalue weighted by Crippen LogP contribution is 2.14. The third-order valence-electron chi connectivity index (χ3n) is 4.67. The van der Waals surface area contributed by atoms with Gasteiger partial charge in [-0.3, -0.25) is 4.79 Å². The molecule has 0 saturated heterocycles. The van der Waals surface area contributed by atoms with E-state index in [9.17, 15) is 19.2 Å². The first-order valence-corrected chi connectivity index (χ1v) is 12.5. The molecule has 218 valence electrons. The second-order valence-electron chi connectivity index (χ2n) is 9.33. The molecule has 0 bridgehead atoms. The summed E-state index contributed by atoms with van der Waals surface area (Å²) in [4.78, 5) is 46.6. The van der Waals surface area contributed by atoms with E-state index in [4.69, 9.17) is 28.4 Å². The minimum atomic E-state index is -0.603. The number of carbonyl (C=O) groups excluding carboxylic acids is 4. The standard InChI is InChI=1S/C27H40N2O10/c1-20(2)23(30)36-13-9-34-11-15-38-25(32)28-18-21-7-6-8-22(17-21)19-29-26(33)39-16-12-35-10-14-37-24(31)27(3,4)5/h6-8,17H,1,9-16,18-19H2,2-5H3,(H,28,32)(H,29,33). The van der Waals surface area contributed by atoms with Gasteiger partial charge in [-0.25, -0.2) is 14.4 Å². The van der Waals surface area contributed by atoms with E-state index in [0.29, 0.717) is 5.57 Å². The predicted molar refractivity (Wildman–Crippen MR) is 141 cm³/mol. The molecule has 0 radical (unpaired) electrons. The minimum absolute atomic E-state index is 0.0437. The maximum Gasteiger partial charge on any atom is 0.407 e. The Morgan fingerprint density at radius 2 is 1.15 bits per heavy atom. The molecule has 0 fully saturated rings. The summed E-state index contributed by atoms with van der Waals surface area (Å²) < 4.78 is 30.5. The fourth-order valence-electron chi connectivity index (χ4n) is 2.62. The summed E-state index contributed by atoms with van der Waals surface area (Å²) in [5.74, 6) is -0.787. The Bertz CT molecular complexity index is 943. The lowest BCUT2D eigenvalue weighted by molar-refractivity contribution is -0.154. The maximum atomic E-state index is 11.9. The number of hydrogen-bond acceptors (Lipinski definition) is 10. The number of ether oxygens (including phenoxy) is 6. The number of benzene rings is 1. The van der Waals surface area contributed by atoms with E-state index in [0.717, 1.165) is 11.1 Å². The van der Waals surface area contributed by atoms with Crippen LogP contribution in [-0.4, -0.2) is 77.0 Å². The van der Waals surface area contributed by atoms with Gasteiger partial charge in [0.1, 0.15) is 26.4 Å². The zero-order valence-electron chi connectivity index (χ0n) is 23.2. The van der Waals surface area contributed by atoms with Gasteiger partial charge >= 0.3 is 24.1 Å². The van der Waals surface area contributed by atoms with Crippen molar-refractivity contribution < 1.29 is 47.6 Å².